The number of fused-ring (bicyclic) bond motifs is 1. The van der Waals surface area contributed by atoms with Crippen molar-refractivity contribution >= 4 is 22.5 Å². The zero-order valence-corrected chi connectivity index (χ0v) is 17.4. The van der Waals surface area contributed by atoms with Gasteiger partial charge in [-0.3, -0.25) is 14.3 Å². The number of rotatable bonds is 5. The molecule has 0 saturated carbocycles. The summed E-state index contributed by atoms with van der Waals surface area (Å²) in [5, 5.41) is 8.21. The number of benzene rings is 2. The summed E-state index contributed by atoms with van der Waals surface area (Å²) in [7, 11) is 0. The van der Waals surface area contributed by atoms with Crippen LogP contribution in [-0.2, 0) is 0 Å². The normalized spacial score (nSPS) is 12.0. The molecule has 7 nitrogen and oxygen atoms in total. The van der Waals surface area contributed by atoms with E-state index in [0.717, 1.165) is 16.5 Å². The molecule has 0 saturated heterocycles. The average Bonchev–Trinajstić information content (AvgIpc) is 3.48. The Morgan fingerprint density at radius 3 is 2.66 bits per heavy atom. The topological polar surface area (TPSA) is 95.6 Å². The monoisotopic (exact) mass is 423 g/mol. The van der Waals surface area contributed by atoms with Crippen LogP contribution < -0.4 is 10.9 Å². The maximum atomic E-state index is 12.8. The summed E-state index contributed by atoms with van der Waals surface area (Å²) >= 11 is 0. The minimum absolute atomic E-state index is 0.000515. The Labute approximate surface area is 183 Å². The first-order chi connectivity index (χ1) is 15.6. The highest BCUT2D eigenvalue weighted by Crippen LogP contribution is 2.23. The lowest BCUT2D eigenvalue weighted by molar-refractivity contribution is 0.102. The number of nitrogens with zero attached hydrogens (tertiary/aromatic N) is 2. The van der Waals surface area contributed by atoms with Gasteiger partial charge in [-0.15, -0.1) is 0 Å². The Balaban J connectivity index is 1.38. The van der Waals surface area contributed by atoms with E-state index in [1.807, 2.05) is 67.6 Å². The molecule has 0 radical (unpaired) electrons. The Morgan fingerprint density at radius 1 is 1.06 bits per heavy atom. The van der Waals surface area contributed by atoms with Crippen molar-refractivity contribution in [2.45, 2.75) is 13.0 Å². The number of nitrogens with one attached hydrogen (secondary N) is 3. The van der Waals surface area contributed by atoms with Gasteiger partial charge < -0.3 is 15.3 Å². The summed E-state index contributed by atoms with van der Waals surface area (Å²) in [5.74, 6) is -0.300. The quantitative estimate of drug-likeness (QED) is 0.386. The summed E-state index contributed by atoms with van der Waals surface area (Å²) in [6, 6.07) is 21.4. The standard InChI is InChI=1S/C25H21N5O2/c1-16(17-7-3-2-4-8-17)30-15-19(13-27-30)24(31)28-20-12-21(25(32)26-14-20)23-11-18-9-5-6-10-22(18)29-23/h2-16,29H,1H3,(H,26,32)(H,28,31)/t16-/m1/s1. The maximum Gasteiger partial charge on any atom is 0.258 e. The van der Waals surface area contributed by atoms with E-state index in [1.165, 1.54) is 6.20 Å². The van der Waals surface area contributed by atoms with Crippen molar-refractivity contribution in [1.29, 1.82) is 0 Å². The Bertz CT molecular complexity index is 1430. The van der Waals surface area contributed by atoms with Crippen molar-refractivity contribution in [3.63, 3.8) is 0 Å². The van der Waals surface area contributed by atoms with Crippen LogP contribution in [0.4, 0.5) is 5.69 Å². The molecule has 32 heavy (non-hydrogen) atoms. The van der Waals surface area contributed by atoms with Crippen LogP contribution in [0.3, 0.4) is 0 Å². The van der Waals surface area contributed by atoms with Gasteiger partial charge in [-0.05, 0) is 30.7 Å². The van der Waals surface area contributed by atoms with Crippen LogP contribution in [0, 0.1) is 0 Å². The predicted molar refractivity (Wildman–Crippen MR) is 125 cm³/mol. The van der Waals surface area contributed by atoms with Gasteiger partial charge in [-0.2, -0.15) is 5.10 Å². The molecule has 0 aliphatic rings. The van der Waals surface area contributed by atoms with Gasteiger partial charge in [-0.1, -0.05) is 48.5 Å². The van der Waals surface area contributed by atoms with E-state index in [4.69, 9.17) is 0 Å². The van der Waals surface area contributed by atoms with Crippen LogP contribution in [0.25, 0.3) is 22.2 Å². The summed E-state index contributed by atoms with van der Waals surface area (Å²) in [6.07, 6.45) is 4.75. The molecule has 0 spiro atoms. The molecule has 158 valence electrons. The second-order valence-corrected chi connectivity index (χ2v) is 7.65. The number of pyridine rings is 1. The molecular formula is C25H21N5O2. The number of para-hydroxylation sites is 1. The number of anilines is 1. The van der Waals surface area contributed by atoms with Gasteiger partial charge in [0.1, 0.15) is 0 Å². The first kappa shape index (κ1) is 19.6. The molecule has 0 aliphatic heterocycles. The fraction of sp³-hybridized carbons (Fsp3) is 0.0800. The molecule has 2 aromatic carbocycles. The number of hydrogen-bond donors (Lipinski definition) is 3. The molecular weight excluding hydrogens is 402 g/mol. The van der Waals surface area contributed by atoms with Crippen LogP contribution >= 0.6 is 0 Å². The molecule has 0 bridgehead atoms. The highest BCUT2D eigenvalue weighted by atomic mass is 16.1. The van der Waals surface area contributed by atoms with Crippen LogP contribution in [0.15, 0.2) is 90.1 Å². The van der Waals surface area contributed by atoms with E-state index in [2.05, 4.69) is 20.4 Å². The molecule has 7 heteroatoms. The van der Waals surface area contributed by atoms with E-state index in [1.54, 1.807) is 23.1 Å². The molecule has 5 aromatic rings. The van der Waals surface area contributed by atoms with E-state index in [-0.39, 0.29) is 17.5 Å². The van der Waals surface area contributed by atoms with E-state index in [9.17, 15) is 9.59 Å². The van der Waals surface area contributed by atoms with E-state index >= 15 is 0 Å². The zero-order valence-electron chi connectivity index (χ0n) is 17.4. The third kappa shape index (κ3) is 3.72. The number of carbonyl (C=O) groups is 1. The van der Waals surface area contributed by atoms with Crippen molar-refractivity contribution in [2.75, 3.05) is 5.32 Å². The number of hydrogen-bond acceptors (Lipinski definition) is 3. The van der Waals surface area contributed by atoms with Crippen LogP contribution in [0.5, 0.6) is 0 Å². The lowest BCUT2D eigenvalue weighted by Gasteiger charge is -2.12. The Hall–Kier alpha value is -4.39. The predicted octanol–water partition coefficient (Wildman–Crippen LogP) is 4.58. The Morgan fingerprint density at radius 2 is 1.84 bits per heavy atom. The van der Waals surface area contributed by atoms with Gasteiger partial charge in [-0.25, -0.2) is 0 Å². The van der Waals surface area contributed by atoms with Crippen molar-refractivity contribution < 1.29 is 4.79 Å². The van der Waals surface area contributed by atoms with Gasteiger partial charge >= 0.3 is 0 Å². The molecule has 0 aliphatic carbocycles. The van der Waals surface area contributed by atoms with Gasteiger partial charge in [0.25, 0.3) is 11.5 Å². The zero-order chi connectivity index (χ0) is 22.1. The molecule has 5 rings (SSSR count). The smallest absolute Gasteiger partial charge is 0.258 e. The minimum atomic E-state index is -0.300. The van der Waals surface area contributed by atoms with Crippen LogP contribution in [0.2, 0.25) is 0 Å². The molecule has 1 atom stereocenters. The fourth-order valence-electron chi connectivity index (χ4n) is 3.73. The molecule has 0 fully saturated rings. The summed E-state index contributed by atoms with van der Waals surface area (Å²) < 4.78 is 1.76. The number of H-pyrrole nitrogens is 2. The van der Waals surface area contributed by atoms with Gasteiger partial charge in [0, 0.05) is 23.3 Å². The third-order valence-electron chi connectivity index (χ3n) is 5.52. The molecule has 1 amide bonds. The van der Waals surface area contributed by atoms with Gasteiger partial charge in [0.2, 0.25) is 0 Å². The summed E-state index contributed by atoms with van der Waals surface area (Å²) in [4.78, 5) is 31.2. The summed E-state index contributed by atoms with van der Waals surface area (Å²) in [5.41, 5.74) is 3.88. The third-order valence-corrected chi connectivity index (χ3v) is 5.52. The fourth-order valence-corrected chi connectivity index (χ4v) is 3.73. The summed E-state index contributed by atoms with van der Waals surface area (Å²) in [6.45, 7) is 2.03. The first-order valence-corrected chi connectivity index (χ1v) is 10.3. The minimum Gasteiger partial charge on any atom is -0.354 e. The first-order valence-electron chi connectivity index (χ1n) is 10.3. The SMILES string of the molecule is C[C@H](c1ccccc1)n1cc(C(=O)Nc2c[nH]c(=O)c(-c3cc4ccccc4[nH]3)c2)cn1. The largest absolute Gasteiger partial charge is 0.354 e. The second kappa shape index (κ2) is 8.03. The average molecular weight is 423 g/mol. The van der Waals surface area contributed by atoms with Crippen molar-refractivity contribution in [3.05, 3.63) is 107 Å². The lowest BCUT2D eigenvalue weighted by atomic mass is 10.1. The van der Waals surface area contributed by atoms with Gasteiger partial charge in [0.15, 0.2) is 0 Å². The van der Waals surface area contributed by atoms with Crippen LogP contribution in [-0.4, -0.2) is 25.7 Å². The van der Waals surface area contributed by atoms with Gasteiger partial charge in [0.05, 0.1) is 34.7 Å². The van der Waals surface area contributed by atoms with Crippen molar-refractivity contribution in [3.8, 4) is 11.3 Å². The molecule has 3 aromatic heterocycles. The Kier molecular flexibility index (Phi) is 4.91. The number of amides is 1. The second-order valence-electron chi connectivity index (χ2n) is 7.65. The molecule has 3 heterocycles. The highest BCUT2D eigenvalue weighted by molar-refractivity contribution is 6.04. The van der Waals surface area contributed by atoms with Crippen LogP contribution in [0.1, 0.15) is 28.9 Å². The highest BCUT2D eigenvalue weighted by Gasteiger charge is 2.15. The van der Waals surface area contributed by atoms with Crippen molar-refractivity contribution in [2.24, 2.45) is 0 Å². The van der Waals surface area contributed by atoms with Crippen molar-refractivity contribution in [1.82, 2.24) is 19.7 Å². The number of aromatic nitrogens is 4. The van der Waals surface area contributed by atoms with E-state index < -0.39 is 0 Å². The maximum absolute atomic E-state index is 12.8. The molecule has 3 N–H and O–H groups in total. The lowest BCUT2D eigenvalue weighted by Crippen LogP contribution is -2.15. The number of aromatic amines is 2. The van der Waals surface area contributed by atoms with E-state index in [0.29, 0.717) is 22.5 Å². The molecule has 0 unspecified atom stereocenters. The number of carbonyl (C=O) groups excluding carboxylic acids is 1.